The van der Waals surface area contributed by atoms with Crippen LogP contribution in [0.5, 0.6) is 5.75 Å². The second kappa shape index (κ2) is 12.0. The Morgan fingerprint density at radius 1 is 1.23 bits per heavy atom. The van der Waals surface area contributed by atoms with Crippen LogP contribution >= 0.6 is 0 Å². The lowest BCUT2D eigenvalue weighted by Crippen LogP contribution is -2.35. The number of likely N-dealkylation sites (tertiary alicyclic amines) is 1. The summed E-state index contributed by atoms with van der Waals surface area (Å²) in [5.74, 6) is 3.02. The van der Waals surface area contributed by atoms with Crippen LogP contribution in [0.15, 0.2) is 54.2 Å². The van der Waals surface area contributed by atoms with Gasteiger partial charge in [0, 0.05) is 48.1 Å². The van der Waals surface area contributed by atoms with E-state index in [0.717, 1.165) is 68.7 Å². The van der Waals surface area contributed by atoms with Crippen LogP contribution < -0.4 is 20.7 Å². The molecule has 3 heterocycles. The number of carbonyl (C=O) groups excluding carboxylic acids is 1. The van der Waals surface area contributed by atoms with Gasteiger partial charge in [-0.25, -0.2) is 0 Å². The molecule has 2 fully saturated rings. The minimum Gasteiger partial charge on any atom is -0.488 e. The number of anilines is 3. The predicted octanol–water partition coefficient (Wildman–Crippen LogP) is 4.55. The number of ether oxygens (including phenoxy) is 1. The maximum Gasteiger partial charge on any atom is 0.248 e. The summed E-state index contributed by atoms with van der Waals surface area (Å²) in [6.07, 6.45) is 12.4. The summed E-state index contributed by atoms with van der Waals surface area (Å²) in [6.45, 7) is 3.65. The number of nitriles is 1. The van der Waals surface area contributed by atoms with Crippen LogP contribution in [-0.2, 0) is 4.79 Å². The molecule has 5 rings (SSSR count). The molecule has 0 radical (unpaired) electrons. The number of amides is 1. The minimum absolute atomic E-state index is 0.0413. The van der Waals surface area contributed by atoms with E-state index in [2.05, 4.69) is 44.9 Å². The van der Waals surface area contributed by atoms with Gasteiger partial charge in [-0.05, 0) is 70.1 Å². The summed E-state index contributed by atoms with van der Waals surface area (Å²) < 4.78 is 6.46. The van der Waals surface area contributed by atoms with Crippen LogP contribution in [0.1, 0.15) is 36.8 Å². The number of terminal acetylenes is 1. The molecule has 2 aromatic carbocycles. The van der Waals surface area contributed by atoms with Crippen LogP contribution in [0.4, 0.5) is 17.1 Å². The van der Waals surface area contributed by atoms with Gasteiger partial charge in [-0.15, -0.1) is 6.42 Å². The molecule has 0 spiro atoms. The Kier molecular flexibility index (Phi) is 8.07. The van der Waals surface area contributed by atoms with Crippen molar-refractivity contribution in [2.75, 3.05) is 43.9 Å². The fraction of sp³-hybridized carbons (Fsp3) is 0.323. The van der Waals surface area contributed by atoms with Crippen molar-refractivity contribution < 1.29 is 9.53 Å². The first-order valence-electron chi connectivity index (χ1n) is 13.3. The molecule has 0 saturated carbocycles. The van der Waals surface area contributed by atoms with E-state index >= 15 is 0 Å². The Bertz CT molecular complexity index is 1480. The fourth-order valence-corrected chi connectivity index (χ4v) is 4.99. The molecule has 39 heavy (non-hydrogen) atoms. The number of nitrogens with zero attached hydrogens (tertiary/aromatic N) is 3. The van der Waals surface area contributed by atoms with Gasteiger partial charge in [-0.1, -0.05) is 17.6 Å². The third-order valence-corrected chi connectivity index (χ3v) is 7.19. The highest BCUT2D eigenvalue weighted by atomic mass is 16.5. The van der Waals surface area contributed by atoms with Crippen molar-refractivity contribution in [1.29, 1.82) is 5.26 Å². The molecule has 0 atom stereocenters. The molecular weight excluding hydrogens is 488 g/mol. The smallest absolute Gasteiger partial charge is 0.248 e. The molecule has 1 amide bonds. The maximum absolute atomic E-state index is 13.1. The first-order valence-corrected chi connectivity index (χ1v) is 13.3. The molecule has 0 bridgehead atoms. The number of nitrogens with one attached hydrogen (secondary N) is 3. The molecule has 3 aromatic rings. The van der Waals surface area contributed by atoms with Crippen molar-refractivity contribution in [2.24, 2.45) is 0 Å². The van der Waals surface area contributed by atoms with E-state index in [0.29, 0.717) is 33.6 Å². The average molecular weight is 521 g/mol. The summed E-state index contributed by atoms with van der Waals surface area (Å²) in [5.41, 5.74) is 4.78. The highest BCUT2D eigenvalue weighted by molar-refractivity contribution is 6.05. The maximum atomic E-state index is 13.1. The third-order valence-electron chi connectivity index (χ3n) is 7.19. The molecule has 1 aromatic heterocycles. The highest BCUT2D eigenvalue weighted by Crippen LogP contribution is 2.37. The number of hydrogen-bond donors (Lipinski definition) is 3. The number of aromatic nitrogens is 1. The molecule has 8 heteroatoms. The van der Waals surface area contributed by atoms with Crippen molar-refractivity contribution in [2.45, 2.75) is 31.8 Å². The lowest BCUT2D eigenvalue weighted by molar-refractivity contribution is -0.112. The monoisotopic (exact) mass is 520 g/mol. The first kappa shape index (κ1) is 26.2. The number of carbonyl (C=O) groups is 1. The summed E-state index contributed by atoms with van der Waals surface area (Å²) in [6, 6.07) is 13.4. The van der Waals surface area contributed by atoms with Crippen molar-refractivity contribution in [3.05, 3.63) is 65.4 Å². The van der Waals surface area contributed by atoms with Crippen molar-refractivity contribution in [3.8, 4) is 24.2 Å². The van der Waals surface area contributed by atoms with Crippen LogP contribution in [0.2, 0.25) is 0 Å². The second-order valence-electron chi connectivity index (χ2n) is 10.0. The SMILES string of the molecule is C#Cc1cccc(Nc2c(C#N)cnc3cc(OC4CCN(C)CC4)c(NC(=O)C=C4CCNCC4)cc23)c1. The molecule has 198 valence electrons. The molecule has 0 aliphatic carbocycles. The topological polar surface area (TPSA) is 102 Å². The summed E-state index contributed by atoms with van der Waals surface area (Å²) >= 11 is 0. The standard InChI is InChI=1S/C31H32N6O2/c1-3-21-5-4-6-24(15-21)35-31-23(19-32)20-34-27-18-29(39-25-9-13-37(2)14-10-25)28(17-26(27)31)36-30(38)16-22-7-11-33-12-8-22/h1,4-6,15-18,20,25,33H,7-14H2,2H3,(H,34,35)(H,36,38). The molecule has 3 N–H and O–H groups in total. The van der Waals surface area contributed by atoms with Crippen LogP contribution in [-0.4, -0.2) is 55.1 Å². The largest absolute Gasteiger partial charge is 0.488 e. The lowest BCUT2D eigenvalue weighted by atomic mass is 10.0. The molecule has 2 aliphatic rings. The number of fused-ring (bicyclic) bond motifs is 1. The normalized spacial score (nSPS) is 16.2. The molecule has 2 saturated heterocycles. The van der Waals surface area contributed by atoms with Gasteiger partial charge in [0.2, 0.25) is 5.91 Å². The van der Waals surface area contributed by atoms with Crippen LogP contribution in [0.25, 0.3) is 10.9 Å². The van der Waals surface area contributed by atoms with Gasteiger partial charge >= 0.3 is 0 Å². The van der Waals surface area contributed by atoms with E-state index in [9.17, 15) is 10.1 Å². The number of hydrogen-bond acceptors (Lipinski definition) is 7. The van der Waals surface area contributed by atoms with Gasteiger partial charge in [0.1, 0.15) is 17.9 Å². The van der Waals surface area contributed by atoms with E-state index in [1.165, 1.54) is 0 Å². The summed E-state index contributed by atoms with van der Waals surface area (Å²) in [7, 11) is 2.11. The van der Waals surface area contributed by atoms with Gasteiger partial charge in [0.25, 0.3) is 0 Å². The van der Waals surface area contributed by atoms with Gasteiger partial charge in [0.05, 0.1) is 22.5 Å². The first-order chi connectivity index (χ1) is 19.0. The van der Waals surface area contributed by atoms with Gasteiger partial charge in [-0.3, -0.25) is 9.78 Å². The second-order valence-corrected chi connectivity index (χ2v) is 10.0. The van der Waals surface area contributed by atoms with E-state index in [4.69, 9.17) is 11.2 Å². The zero-order valence-corrected chi connectivity index (χ0v) is 22.1. The van der Waals surface area contributed by atoms with Crippen LogP contribution in [0.3, 0.4) is 0 Å². The molecule has 8 nitrogen and oxygen atoms in total. The quantitative estimate of drug-likeness (QED) is 0.324. The zero-order valence-electron chi connectivity index (χ0n) is 22.1. The molecule has 2 aliphatic heterocycles. The van der Waals surface area contributed by atoms with E-state index in [1.54, 1.807) is 12.3 Å². The minimum atomic E-state index is -0.194. The third kappa shape index (κ3) is 6.38. The summed E-state index contributed by atoms with van der Waals surface area (Å²) in [4.78, 5) is 19.9. The van der Waals surface area contributed by atoms with Crippen LogP contribution in [0, 0.1) is 23.7 Å². The Hall–Kier alpha value is -4.37. The summed E-state index contributed by atoms with van der Waals surface area (Å²) in [5, 5.41) is 20.3. The van der Waals surface area contributed by atoms with Gasteiger partial charge in [0.15, 0.2) is 0 Å². The fourth-order valence-electron chi connectivity index (χ4n) is 4.99. The Labute approximate surface area is 229 Å². The van der Waals surface area contributed by atoms with E-state index in [1.807, 2.05) is 36.4 Å². The van der Waals surface area contributed by atoms with Gasteiger partial charge < -0.3 is 25.6 Å². The Balaban J connectivity index is 1.55. The molecular formula is C31H32N6O2. The van der Waals surface area contributed by atoms with E-state index in [-0.39, 0.29) is 12.0 Å². The lowest BCUT2D eigenvalue weighted by Gasteiger charge is -2.30. The molecule has 0 unspecified atom stereocenters. The zero-order chi connectivity index (χ0) is 27.2. The Morgan fingerprint density at radius 2 is 2.03 bits per heavy atom. The Morgan fingerprint density at radius 3 is 2.77 bits per heavy atom. The number of rotatable bonds is 6. The van der Waals surface area contributed by atoms with E-state index < -0.39 is 0 Å². The van der Waals surface area contributed by atoms with Crippen molar-refractivity contribution in [3.63, 3.8) is 0 Å². The number of pyridine rings is 1. The average Bonchev–Trinajstić information content (AvgIpc) is 2.95. The van der Waals surface area contributed by atoms with Gasteiger partial charge in [-0.2, -0.15) is 5.26 Å². The number of piperidine rings is 2. The van der Waals surface area contributed by atoms with Crippen molar-refractivity contribution in [1.82, 2.24) is 15.2 Å². The van der Waals surface area contributed by atoms with Crippen molar-refractivity contribution >= 4 is 33.9 Å². The highest BCUT2D eigenvalue weighted by Gasteiger charge is 2.22. The number of benzene rings is 2. The predicted molar refractivity (Wildman–Crippen MR) is 154 cm³/mol.